The third-order valence-electron chi connectivity index (χ3n) is 3.66. The average molecular weight is 198 g/mol. The van der Waals surface area contributed by atoms with Crippen molar-refractivity contribution in [1.29, 1.82) is 0 Å². The van der Waals surface area contributed by atoms with Crippen molar-refractivity contribution in [1.82, 2.24) is 0 Å². The summed E-state index contributed by atoms with van der Waals surface area (Å²) in [6.07, 6.45) is 9.46. The summed E-state index contributed by atoms with van der Waals surface area (Å²) in [6.45, 7) is 2.21. The maximum Gasteiger partial charge on any atom is 0.0697 e. The van der Waals surface area contributed by atoms with Gasteiger partial charge in [0.25, 0.3) is 0 Å². The van der Waals surface area contributed by atoms with E-state index in [1.54, 1.807) is 0 Å². The van der Waals surface area contributed by atoms with Crippen LogP contribution in [-0.4, -0.2) is 22.9 Å². The highest BCUT2D eigenvalue weighted by molar-refractivity contribution is 4.94. The van der Waals surface area contributed by atoms with Gasteiger partial charge < -0.3 is 9.84 Å². The minimum atomic E-state index is -0.390. The lowest BCUT2D eigenvalue weighted by Gasteiger charge is -2.36. The summed E-state index contributed by atoms with van der Waals surface area (Å²) in [7, 11) is 0. The largest absolute Gasteiger partial charge is 0.390 e. The molecule has 0 aromatic heterocycles. The van der Waals surface area contributed by atoms with Gasteiger partial charge in [-0.25, -0.2) is 0 Å². The minimum absolute atomic E-state index is 0.361. The molecule has 0 amide bonds. The smallest absolute Gasteiger partial charge is 0.0697 e. The molecule has 0 aromatic carbocycles. The Labute approximate surface area is 86.6 Å². The number of hydrogen-bond acceptors (Lipinski definition) is 2. The van der Waals surface area contributed by atoms with E-state index < -0.39 is 0 Å². The lowest BCUT2D eigenvalue weighted by atomic mass is 9.85. The molecule has 2 heterocycles. The van der Waals surface area contributed by atoms with E-state index in [0.717, 1.165) is 19.3 Å². The van der Waals surface area contributed by atoms with Crippen molar-refractivity contribution in [3.8, 4) is 0 Å². The van der Waals surface area contributed by atoms with Gasteiger partial charge in [-0.2, -0.15) is 0 Å². The van der Waals surface area contributed by atoms with E-state index in [9.17, 15) is 5.11 Å². The van der Waals surface area contributed by atoms with Gasteiger partial charge in [-0.15, -0.1) is 0 Å². The molecule has 2 nitrogen and oxygen atoms in total. The molecule has 2 fully saturated rings. The van der Waals surface area contributed by atoms with E-state index in [-0.39, 0.29) is 5.60 Å². The van der Waals surface area contributed by atoms with Gasteiger partial charge in [0, 0.05) is 12.8 Å². The molecule has 14 heavy (non-hydrogen) atoms. The van der Waals surface area contributed by atoms with Crippen LogP contribution in [0, 0.1) is 0 Å². The molecule has 0 aliphatic carbocycles. The maximum absolute atomic E-state index is 10.4. The Hall–Kier alpha value is -0.0800. The van der Waals surface area contributed by atoms with Crippen molar-refractivity contribution in [2.24, 2.45) is 0 Å². The molecule has 2 bridgehead atoms. The average Bonchev–Trinajstić information content (AvgIpc) is 2.46. The molecule has 2 aliphatic heterocycles. The first kappa shape index (κ1) is 10.4. The van der Waals surface area contributed by atoms with Gasteiger partial charge in [-0.3, -0.25) is 0 Å². The second kappa shape index (κ2) is 4.19. The predicted octanol–water partition coefficient (Wildman–Crippen LogP) is 2.64. The molecule has 0 aromatic rings. The zero-order valence-corrected chi connectivity index (χ0v) is 9.17. The monoisotopic (exact) mass is 198 g/mol. The molecule has 2 unspecified atom stereocenters. The minimum Gasteiger partial charge on any atom is -0.390 e. The number of rotatable bonds is 4. The highest BCUT2D eigenvalue weighted by Gasteiger charge is 2.42. The molecule has 2 atom stereocenters. The molecular formula is C12H22O2. The van der Waals surface area contributed by atoms with E-state index in [4.69, 9.17) is 4.74 Å². The number of aliphatic hydroxyl groups is 1. The molecule has 2 saturated heterocycles. The number of hydrogen-bond donors (Lipinski definition) is 1. The van der Waals surface area contributed by atoms with E-state index in [1.165, 1.54) is 32.1 Å². The van der Waals surface area contributed by atoms with E-state index >= 15 is 0 Å². The van der Waals surface area contributed by atoms with Gasteiger partial charge in [0.2, 0.25) is 0 Å². The Morgan fingerprint density at radius 2 is 1.86 bits per heavy atom. The number of fused-ring (bicyclic) bond motifs is 2. The Balaban J connectivity index is 1.83. The maximum atomic E-state index is 10.4. The van der Waals surface area contributed by atoms with Gasteiger partial charge in [-0.1, -0.05) is 26.2 Å². The van der Waals surface area contributed by atoms with Crippen LogP contribution in [0.2, 0.25) is 0 Å². The zero-order valence-electron chi connectivity index (χ0n) is 9.17. The van der Waals surface area contributed by atoms with E-state index in [0.29, 0.717) is 12.2 Å². The van der Waals surface area contributed by atoms with Gasteiger partial charge in [0.1, 0.15) is 0 Å². The van der Waals surface area contributed by atoms with Crippen molar-refractivity contribution in [3.63, 3.8) is 0 Å². The summed E-state index contributed by atoms with van der Waals surface area (Å²) in [5.74, 6) is 0. The molecule has 2 heteroatoms. The van der Waals surface area contributed by atoms with Crippen LogP contribution in [0.1, 0.15) is 58.3 Å². The third-order valence-corrected chi connectivity index (χ3v) is 3.66. The summed E-state index contributed by atoms with van der Waals surface area (Å²) in [4.78, 5) is 0. The fourth-order valence-electron chi connectivity index (χ4n) is 2.92. The molecule has 0 spiro atoms. The van der Waals surface area contributed by atoms with Gasteiger partial charge in [0.15, 0.2) is 0 Å². The topological polar surface area (TPSA) is 29.5 Å². The summed E-state index contributed by atoms with van der Waals surface area (Å²) in [5.41, 5.74) is -0.390. The highest BCUT2D eigenvalue weighted by Crippen LogP contribution is 2.40. The normalized spacial score (nSPS) is 41.6. The standard InChI is InChI=1S/C12H22O2/c1-2-3-4-7-12(13)8-10-5-6-11(9-12)14-10/h10-11,13H,2-9H2,1H3. The van der Waals surface area contributed by atoms with Gasteiger partial charge >= 0.3 is 0 Å². The van der Waals surface area contributed by atoms with Crippen LogP contribution in [0.5, 0.6) is 0 Å². The molecule has 2 rings (SSSR count). The van der Waals surface area contributed by atoms with E-state index in [1.807, 2.05) is 0 Å². The molecule has 0 radical (unpaired) electrons. The highest BCUT2D eigenvalue weighted by atomic mass is 16.5. The Bertz CT molecular complexity index is 179. The second-order valence-electron chi connectivity index (χ2n) is 5.05. The van der Waals surface area contributed by atoms with Crippen LogP contribution < -0.4 is 0 Å². The van der Waals surface area contributed by atoms with Crippen LogP contribution >= 0.6 is 0 Å². The quantitative estimate of drug-likeness (QED) is 0.704. The van der Waals surface area contributed by atoms with Crippen LogP contribution in [0.3, 0.4) is 0 Å². The zero-order chi connectivity index (χ0) is 10.0. The van der Waals surface area contributed by atoms with Crippen molar-refractivity contribution >= 4 is 0 Å². The predicted molar refractivity (Wildman–Crippen MR) is 56.2 cm³/mol. The molecular weight excluding hydrogens is 176 g/mol. The van der Waals surface area contributed by atoms with Crippen LogP contribution in [-0.2, 0) is 4.74 Å². The fourth-order valence-corrected chi connectivity index (χ4v) is 2.92. The van der Waals surface area contributed by atoms with Crippen molar-refractivity contribution in [2.45, 2.75) is 76.1 Å². The van der Waals surface area contributed by atoms with Crippen LogP contribution in [0.25, 0.3) is 0 Å². The van der Waals surface area contributed by atoms with Crippen LogP contribution in [0.4, 0.5) is 0 Å². The first-order valence-corrected chi connectivity index (χ1v) is 6.10. The molecule has 82 valence electrons. The summed E-state index contributed by atoms with van der Waals surface area (Å²) in [6, 6.07) is 0. The summed E-state index contributed by atoms with van der Waals surface area (Å²) < 4.78 is 5.74. The second-order valence-corrected chi connectivity index (χ2v) is 5.05. The van der Waals surface area contributed by atoms with Crippen LogP contribution in [0.15, 0.2) is 0 Å². The Kier molecular flexibility index (Phi) is 3.13. The molecule has 0 saturated carbocycles. The van der Waals surface area contributed by atoms with Crippen molar-refractivity contribution in [3.05, 3.63) is 0 Å². The number of ether oxygens (including phenoxy) is 1. The lowest BCUT2D eigenvalue weighted by molar-refractivity contribution is -0.115. The number of unbranched alkanes of at least 4 members (excludes halogenated alkanes) is 2. The first-order chi connectivity index (χ1) is 6.72. The molecule has 1 N–H and O–H groups in total. The SMILES string of the molecule is CCCCCC1(O)CC2CCC(C1)O2. The Morgan fingerprint density at radius 1 is 1.21 bits per heavy atom. The Morgan fingerprint density at radius 3 is 2.43 bits per heavy atom. The summed E-state index contributed by atoms with van der Waals surface area (Å²) >= 11 is 0. The van der Waals surface area contributed by atoms with E-state index in [2.05, 4.69) is 6.92 Å². The third kappa shape index (κ3) is 2.29. The fraction of sp³-hybridized carbons (Fsp3) is 1.00. The first-order valence-electron chi connectivity index (χ1n) is 6.10. The van der Waals surface area contributed by atoms with Gasteiger partial charge in [0.05, 0.1) is 17.8 Å². The van der Waals surface area contributed by atoms with Crippen molar-refractivity contribution < 1.29 is 9.84 Å². The lowest BCUT2D eigenvalue weighted by Crippen LogP contribution is -2.40. The van der Waals surface area contributed by atoms with Gasteiger partial charge in [-0.05, 0) is 19.3 Å². The summed E-state index contributed by atoms with van der Waals surface area (Å²) in [5, 5.41) is 10.4. The molecule has 2 aliphatic rings. The van der Waals surface area contributed by atoms with Crippen molar-refractivity contribution in [2.75, 3.05) is 0 Å².